The number of pyridine rings is 1. The number of rotatable bonds is 4. The van der Waals surface area contributed by atoms with Gasteiger partial charge in [-0.15, -0.1) is 0 Å². The Morgan fingerprint density at radius 2 is 1.63 bits per heavy atom. The van der Waals surface area contributed by atoms with E-state index in [0.717, 1.165) is 11.8 Å². The number of carbonyl (C=O) groups excluding carboxylic acids is 1. The van der Waals surface area contributed by atoms with Gasteiger partial charge < -0.3 is 10.2 Å². The molecule has 4 nitrogen and oxygen atoms in total. The maximum Gasteiger partial charge on any atom is 0.418 e. The van der Waals surface area contributed by atoms with Crippen LogP contribution in [0.1, 0.15) is 15.9 Å². The predicted molar refractivity (Wildman–Crippen MR) is 98.1 cm³/mol. The number of para-hydroxylation sites is 2. The van der Waals surface area contributed by atoms with Crippen LogP contribution in [0.5, 0.6) is 0 Å². The zero-order valence-electron chi connectivity index (χ0n) is 14.4. The van der Waals surface area contributed by atoms with Gasteiger partial charge in [-0.1, -0.05) is 30.3 Å². The van der Waals surface area contributed by atoms with Gasteiger partial charge in [0, 0.05) is 18.9 Å². The summed E-state index contributed by atoms with van der Waals surface area (Å²) in [7, 11) is 1.81. The normalized spacial score (nSPS) is 11.1. The Hall–Kier alpha value is -3.35. The van der Waals surface area contributed by atoms with Crippen LogP contribution < -0.4 is 10.2 Å². The summed E-state index contributed by atoms with van der Waals surface area (Å²) in [5.41, 5.74) is 0.491. The zero-order valence-corrected chi connectivity index (χ0v) is 14.4. The van der Waals surface area contributed by atoms with E-state index in [1.54, 1.807) is 12.3 Å². The molecule has 1 amide bonds. The van der Waals surface area contributed by atoms with Crippen LogP contribution in [0.4, 0.5) is 30.2 Å². The number of nitrogens with one attached hydrogen (secondary N) is 1. The molecule has 1 N–H and O–H groups in total. The molecule has 2 aromatic carbocycles. The molecule has 7 heteroatoms. The van der Waals surface area contributed by atoms with Crippen molar-refractivity contribution in [1.29, 1.82) is 0 Å². The molecule has 0 atom stereocenters. The lowest BCUT2D eigenvalue weighted by atomic mass is 10.1. The molecule has 0 spiro atoms. The highest BCUT2D eigenvalue weighted by atomic mass is 19.4. The third-order valence-corrected chi connectivity index (χ3v) is 4.00. The molecule has 1 aromatic heterocycles. The van der Waals surface area contributed by atoms with Gasteiger partial charge in [-0.3, -0.25) is 9.78 Å². The van der Waals surface area contributed by atoms with E-state index in [9.17, 15) is 18.0 Å². The van der Waals surface area contributed by atoms with E-state index in [1.165, 1.54) is 24.4 Å². The summed E-state index contributed by atoms with van der Waals surface area (Å²) in [5, 5.41) is 2.32. The lowest BCUT2D eigenvalue weighted by Crippen LogP contribution is -2.17. The minimum atomic E-state index is -4.56. The molecule has 138 valence electrons. The highest BCUT2D eigenvalue weighted by Crippen LogP contribution is 2.34. The SMILES string of the molecule is CN(c1ccccc1)c1cncc(C(=O)Nc2ccccc2C(F)(F)F)c1. The molecule has 0 aliphatic carbocycles. The zero-order chi connectivity index (χ0) is 19.4. The molecule has 3 aromatic rings. The number of amides is 1. The highest BCUT2D eigenvalue weighted by molar-refractivity contribution is 6.05. The van der Waals surface area contributed by atoms with Crippen molar-refractivity contribution in [2.24, 2.45) is 0 Å². The van der Waals surface area contributed by atoms with Gasteiger partial charge in [0.05, 0.1) is 28.7 Å². The molecule has 27 heavy (non-hydrogen) atoms. The van der Waals surface area contributed by atoms with Gasteiger partial charge in [0.2, 0.25) is 0 Å². The van der Waals surface area contributed by atoms with Crippen molar-refractivity contribution < 1.29 is 18.0 Å². The summed E-state index contributed by atoms with van der Waals surface area (Å²) in [6.07, 6.45) is -1.67. The fraction of sp³-hybridized carbons (Fsp3) is 0.100. The van der Waals surface area contributed by atoms with Crippen LogP contribution in [-0.2, 0) is 6.18 Å². The van der Waals surface area contributed by atoms with Crippen LogP contribution in [0.2, 0.25) is 0 Å². The molecular weight excluding hydrogens is 355 g/mol. The van der Waals surface area contributed by atoms with Crippen molar-refractivity contribution >= 4 is 23.0 Å². The molecule has 0 radical (unpaired) electrons. The van der Waals surface area contributed by atoms with Gasteiger partial charge in [-0.25, -0.2) is 0 Å². The number of hydrogen-bond acceptors (Lipinski definition) is 3. The van der Waals surface area contributed by atoms with E-state index >= 15 is 0 Å². The summed E-state index contributed by atoms with van der Waals surface area (Å²) in [4.78, 5) is 18.3. The quantitative estimate of drug-likeness (QED) is 0.692. The molecule has 0 aliphatic rings. The average Bonchev–Trinajstić information content (AvgIpc) is 2.68. The van der Waals surface area contributed by atoms with E-state index in [2.05, 4.69) is 10.3 Å². The Morgan fingerprint density at radius 3 is 2.33 bits per heavy atom. The van der Waals surface area contributed by atoms with Crippen LogP contribution >= 0.6 is 0 Å². The molecule has 3 rings (SSSR count). The Labute approximate surface area is 154 Å². The largest absolute Gasteiger partial charge is 0.418 e. The lowest BCUT2D eigenvalue weighted by molar-refractivity contribution is -0.136. The summed E-state index contributed by atoms with van der Waals surface area (Å²) in [5.74, 6) is -0.664. The molecule has 1 heterocycles. The van der Waals surface area contributed by atoms with Crippen molar-refractivity contribution in [3.8, 4) is 0 Å². The molecule has 0 saturated carbocycles. The fourth-order valence-corrected chi connectivity index (χ4v) is 2.57. The second kappa shape index (κ2) is 7.49. The van der Waals surface area contributed by atoms with E-state index in [4.69, 9.17) is 0 Å². The monoisotopic (exact) mass is 371 g/mol. The van der Waals surface area contributed by atoms with Crippen LogP contribution in [0.25, 0.3) is 0 Å². The first-order valence-corrected chi connectivity index (χ1v) is 8.07. The number of aromatic nitrogens is 1. The van der Waals surface area contributed by atoms with Crippen LogP contribution in [-0.4, -0.2) is 17.9 Å². The Balaban J connectivity index is 1.85. The second-order valence-electron chi connectivity index (χ2n) is 5.82. The number of nitrogens with zero attached hydrogens (tertiary/aromatic N) is 2. The van der Waals surface area contributed by atoms with Crippen molar-refractivity contribution in [2.45, 2.75) is 6.18 Å². The first-order valence-electron chi connectivity index (χ1n) is 8.07. The maximum atomic E-state index is 13.1. The number of halogens is 3. The number of carbonyl (C=O) groups is 1. The van der Waals surface area contributed by atoms with Crippen molar-refractivity contribution in [3.63, 3.8) is 0 Å². The first kappa shape index (κ1) is 18.4. The third kappa shape index (κ3) is 4.25. The molecular formula is C20H16F3N3O. The maximum absolute atomic E-state index is 13.1. The van der Waals surface area contributed by atoms with Crippen LogP contribution in [0.15, 0.2) is 73.1 Å². The lowest BCUT2D eigenvalue weighted by Gasteiger charge is -2.19. The van der Waals surface area contributed by atoms with Crippen LogP contribution in [0.3, 0.4) is 0 Å². The Bertz CT molecular complexity index is 942. The standard InChI is InChI=1S/C20H16F3N3O/c1-26(15-7-3-2-4-8-15)16-11-14(12-24-13-16)19(27)25-18-10-6-5-9-17(18)20(21,22)23/h2-13H,1H3,(H,25,27). The van der Waals surface area contributed by atoms with Gasteiger partial charge in [0.15, 0.2) is 0 Å². The van der Waals surface area contributed by atoms with Crippen molar-refractivity contribution in [3.05, 3.63) is 84.2 Å². The number of anilines is 3. The van der Waals surface area contributed by atoms with Crippen LogP contribution in [0, 0.1) is 0 Å². The average molecular weight is 371 g/mol. The van der Waals surface area contributed by atoms with Gasteiger partial charge >= 0.3 is 6.18 Å². The molecule has 0 unspecified atom stereocenters. The molecule has 0 aliphatic heterocycles. The van der Waals surface area contributed by atoms with E-state index in [1.807, 2.05) is 42.3 Å². The summed E-state index contributed by atoms with van der Waals surface area (Å²) < 4.78 is 39.3. The second-order valence-corrected chi connectivity index (χ2v) is 5.82. The minimum Gasteiger partial charge on any atom is -0.343 e. The van der Waals surface area contributed by atoms with E-state index < -0.39 is 17.6 Å². The Kier molecular flexibility index (Phi) is 5.12. The van der Waals surface area contributed by atoms with Gasteiger partial charge in [-0.2, -0.15) is 13.2 Å². The molecule has 0 saturated heterocycles. The smallest absolute Gasteiger partial charge is 0.343 e. The molecule has 0 bridgehead atoms. The summed E-state index contributed by atoms with van der Waals surface area (Å²) >= 11 is 0. The summed E-state index contributed by atoms with van der Waals surface area (Å²) in [6, 6.07) is 15.9. The minimum absolute atomic E-state index is 0.159. The van der Waals surface area contributed by atoms with Crippen molar-refractivity contribution in [2.75, 3.05) is 17.3 Å². The predicted octanol–water partition coefficient (Wildman–Crippen LogP) is 5.12. The number of hydrogen-bond donors (Lipinski definition) is 1. The number of benzene rings is 2. The summed E-state index contributed by atoms with van der Waals surface area (Å²) in [6.45, 7) is 0. The molecule has 0 fully saturated rings. The fourth-order valence-electron chi connectivity index (χ4n) is 2.57. The topological polar surface area (TPSA) is 45.2 Å². The van der Waals surface area contributed by atoms with Gasteiger partial charge in [-0.05, 0) is 30.3 Å². The number of alkyl halides is 3. The Morgan fingerprint density at radius 1 is 0.963 bits per heavy atom. The van der Waals surface area contributed by atoms with E-state index in [-0.39, 0.29) is 11.3 Å². The van der Waals surface area contributed by atoms with Crippen molar-refractivity contribution in [1.82, 2.24) is 4.98 Å². The van der Waals surface area contributed by atoms with Gasteiger partial charge in [0.25, 0.3) is 5.91 Å². The highest BCUT2D eigenvalue weighted by Gasteiger charge is 2.33. The van der Waals surface area contributed by atoms with E-state index in [0.29, 0.717) is 5.69 Å². The third-order valence-electron chi connectivity index (χ3n) is 4.00. The first-order chi connectivity index (χ1) is 12.9. The van der Waals surface area contributed by atoms with Gasteiger partial charge in [0.1, 0.15) is 0 Å².